The first-order valence-corrected chi connectivity index (χ1v) is 9.79. The number of aryl methyl sites for hydroxylation is 1. The van der Waals surface area contributed by atoms with Crippen LogP contribution in [0, 0.1) is 6.92 Å². The second-order valence-corrected chi connectivity index (χ2v) is 7.22. The van der Waals surface area contributed by atoms with Crippen molar-refractivity contribution in [2.24, 2.45) is 0 Å². The largest absolute Gasteiger partial charge is 0.496 e. The van der Waals surface area contributed by atoms with Gasteiger partial charge in [-0.25, -0.2) is 0 Å². The zero-order chi connectivity index (χ0) is 21.7. The molecule has 0 aliphatic carbocycles. The van der Waals surface area contributed by atoms with Crippen LogP contribution in [0.2, 0.25) is 0 Å². The van der Waals surface area contributed by atoms with Gasteiger partial charge in [-0.3, -0.25) is 9.59 Å². The summed E-state index contributed by atoms with van der Waals surface area (Å²) in [5, 5.41) is 2.92. The van der Waals surface area contributed by atoms with Gasteiger partial charge in [0.05, 0.1) is 13.2 Å². The normalized spacial score (nSPS) is 11.5. The van der Waals surface area contributed by atoms with Gasteiger partial charge < -0.3 is 15.0 Å². The highest BCUT2D eigenvalue weighted by atomic mass is 16.5. The highest BCUT2D eigenvalue weighted by Gasteiger charge is 2.20. The molecule has 0 fully saturated rings. The Labute approximate surface area is 177 Å². The van der Waals surface area contributed by atoms with Crippen molar-refractivity contribution in [3.63, 3.8) is 0 Å². The van der Waals surface area contributed by atoms with Gasteiger partial charge >= 0.3 is 0 Å². The van der Waals surface area contributed by atoms with Crippen molar-refractivity contribution in [3.05, 3.63) is 95.1 Å². The minimum atomic E-state index is -0.182. The Kier molecular flexibility index (Phi) is 6.52. The van der Waals surface area contributed by atoms with Gasteiger partial charge in [0, 0.05) is 23.9 Å². The molecule has 0 saturated carbocycles. The Morgan fingerprint density at radius 2 is 1.67 bits per heavy atom. The lowest BCUT2D eigenvalue weighted by Crippen LogP contribution is -2.29. The third kappa shape index (κ3) is 4.69. The molecule has 1 N–H and O–H groups in total. The monoisotopic (exact) mass is 402 g/mol. The van der Waals surface area contributed by atoms with E-state index in [4.69, 9.17) is 4.74 Å². The molecule has 0 bridgehead atoms. The fourth-order valence-electron chi connectivity index (χ4n) is 3.23. The van der Waals surface area contributed by atoms with Gasteiger partial charge in [-0.05, 0) is 61.4 Å². The van der Waals surface area contributed by atoms with E-state index in [-0.39, 0.29) is 17.9 Å². The molecule has 0 aliphatic rings. The summed E-state index contributed by atoms with van der Waals surface area (Å²) >= 11 is 0. The van der Waals surface area contributed by atoms with Crippen molar-refractivity contribution in [2.45, 2.75) is 19.9 Å². The number of carbonyl (C=O) groups is 2. The maximum atomic E-state index is 13.0. The van der Waals surface area contributed by atoms with Crippen LogP contribution in [0.3, 0.4) is 0 Å². The van der Waals surface area contributed by atoms with Crippen molar-refractivity contribution < 1.29 is 14.3 Å². The Balaban J connectivity index is 1.76. The lowest BCUT2D eigenvalue weighted by molar-refractivity contribution is 0.0742. The summed E-state index contributed by atoms with van der Waals surface area (Å²) in [5.41, 5.74) is 3.75. The lowest BCUT2D eigenvalue weighted by Gasteiger charge is -2.26. The summed E-state index contributed by atoms with van der Waals surface area (Å²) in [7, 11) is 3.37. The molecule has 0 heterocycles. The highest BCUT2D eigenvalue weighted by molar-refractivity contribution is 6.04. The van der Waals surface area contributed by atoms with Crippen molar-refractivity contribution in [1.29, 1.82) is 0 Å². The number of hydrogen-bond acceptors (Lipinski definition) is 3. The molecular formula is C25H26N2O3. The van der Waals surface area contributed by atoms with Crippen molar-refractivity contribution >= 4 is 17.5 Å². The molecule has 0 aromatic heterocycles. The molecule has 5 heteroatoms. The number of benzene rings is 3. The van der Waals surface area contributed by atoms with Gasteiger partial charge in [0.15, 0.2) is 0 Å². The average Bonchev–Trinajstić information content (AvgIpc) is 2.78. The van der Waals surface area contributed by atoms with Crippen LogP contribution in [0.5, 0.6) is 5.75 Å². The Hall–Kier alpha value is -3.60. The van der Waals surface area contributed by atoms with Crippen LogP contribution >= 0.6 is 0 Å². The summed E-state index contributed by atoms with van der Waals surface area (Å²) in [6, 6.07) is 21.9. The van der Waals surface area contributed by atoms with Gasteiger partial charge in [0.1, 0.15) is 5.75 Å². The first-order valence-electron chi connectivity index (χ1n) is 9.79. The molecule has 3 aromatic rings. The van der Waals surface area contributed by atoms with Crippen molar-refractivity contribution in [3.8, 4) is 5.75 Å². The molecule has 0 unspecified atom stereocenters. The zero-order valence-corrected chi connectivity index (χ0v) is 17.7. The van der Waals surface area contributed by atoms with Crippen LogP contribution in [0.1, 0.15) is 44.8 Å². The van der Waals surface area contributed by atoms with Crippen LogP contribution in [-0.4, -0.2) is 30.9 Å². The maximum Gasteiger partial charge on any atom is 0.255 e. The van der Waals surface area contributed by atoms with Crippen LogP contribution in [-0.2, 0) is 0 Å². The zero-order valence-electron chi connectivity index (χ0n) is 17.7. The van der Waals surface area contributed by atoms with E-state index in [2.05, 4.69) is 5.32 Å². The second-order valence-electron chi connectivity index (χ2n) is 7.22. The molecule has 154 valence electrons. The first kappa shape index (κ1) is 21.1. The number of anilines is 1. The molecule has 2 amide bonds. The number of hydrogen-bond donors (Lipinski definition) is 1. The topological polar surface area (TPSA) is 58.6 Å². The molecule has 0 radical (unpaired) electrons. The van der Waals surface area contributed by atoms with E-state index in [1.165, 1.54) is 0 Å². The predicted molar refractivity (Wildman–Crippen MR) is 119 cm³/mol. The van der Waals surface area contributed by atoms with E-state index in [0.29, 0.717) is 22.6 Å². The summed E-state index contributed by atoms with van der Waals surface area (Å²) in [6.07, 6.45) is 0. The van der Waals surface area contributed by atoms with E-state index in [1.54, 1.807) is 43.3 Å². The van der Waals surface area contributed by atoms with Crippen LogP contribution in [0.4, 0.5) is 5.69 Å². The Morgan fingerprint density at radius 3 is 2.37 bits per heavy atom. The lowest BCUT2D eigenvalue weighted by atomic mass is 10.0. The maximum absolute atomic E-state index is 13.0. The molecule has 3 aromatic carbocycles. The standard InChI is InChI=1S/C25H26N2O3/c1-17-13-14-21(16-23(17)30-4)25(29)27(3)18(2)20-11-8-12-22(15-20)26-24(28)19-9-6-5-7-10-19/h5-16,18H,1-4H3,(H,26,28)/t18-/m0/s1. The van der Waals surface area contributed by atoms with Crippen LogP contribution in [0.25, 0.3) is 0 Å². The molecule has 3 rings (SSSR count). The second kappa shape index (κ2) is 9.27. The fraction of sp³-hybridized carbons (Fsp3) is 0.200. The minimum Gasteiger partial charge on any atom is -0.496 e. The third-order valence-electron chi connectivity index (χ3n) is 5.22. The Morgan fingerprint density at radius 1 is 0.933 bits per heavy atom. The summed E-state index contributed by atoms with van der Waals surface area (Å²) in [5.74, 6) is 0.420. The number of amides is 2. The van der Waals surface area contributed by atoms with E-state index in [1.807, 2.05) is 62.4 Å². The van der Waals surface area contributed by atoms with Gasteiger partial charge in [-0.1, -0.05) is 36.4 Å². The van der Waals surface area contributed by atoms with Gasteiger partial charge in [-0.15, -0.1) is 0 Å². The molecule has 30 heavy (non-hydrogen) atoms. The van der Waals surface area contributed by atoms with Crippen molar-refractivity contribution in [1.82, 2.24) is 4.90 Å². The molecule has 1 atom stereocenters. The third-order valence-corrected chi connectivity index (χ3v) is 5.22. The molecule has 0 spiro atoms. The number of ether oxygens (including phenoxy) is 1. The number of rotatable bonds is 6. The summed E-state index contributed by atoms with van der Waals surface area (Å²) in [6.45, 7) is 3.90. The molecular weight excluding hydrogens is 376 g/mol. The predicted octanol–water partition coefficient (Wildman–Crippen LogP) is 5.09. The van der Waals surface area contributed by atoms with Crippen LogP contribution < -0.4 is 10.1 Å². The van der Waals surface area contributed by atoms with E-state index in [9.17, 15) is 9.59 Å². The van der Waals surface area contributed by atoms with E-state index in [0.717, 1.165) is 11.1 Å². The van der Waals surface area contributed by atoms with Gasteiger partial charge in [0.2, 0.25) is 0 Å². The van der Waals surface area contributed by atoms with Gasteiger partial charge in [-0.2, -0.15) is 0 Å². The average molecular weight is 402 g/mol. The quantitative estimate of drug-likeness (QED) is 0.625. The Bertz CT molecular complexity index is 1050. The number of carbonyl (C=O) groups excluding carboxylic acids is 2. The number of nitrogens with zero attached hydrogens (tertiary/aromatic N) is 1. The highest BCUT2D eigenvalue weighted by Crippen LogP contribution is 2.26. The fourth-order valence-corrected chi connectivity index (χ4v) is 3.23. The molecule has 0 saturated heterocycles. The molecule has 0 aliphatic heterocycles. The summed E-state index contributed by atoms with van der Waals surface area (Å²) in [4.78, 5) is 27.1. The minimum absolute atomic E-state index is 0.0977. The number of methoxy groups -OCH3 is 1. The summed E-state index contributed by atoms with van der Waals surface area (Å²) < 4.78 is 5.34. The smallest absolute Gasteiger partial charge is 0.255 e. The first-order chi connectivity index (χ1) is 14.4. The van der Waals surface area contributed by atoms with Crippen molar-refractivity contribution in [2.75, 3.05) is 19.5 Å². The van der Waals surface area contributed by atoms with Gasteiger partial charge in [0.25, 0.3) is 11.8 Å². The van der Waals surface area contributed by atoms with Crippen LogP contribution in [0.15, 0.2) is 72.8 Å². The SMILES string of the molecule is COc1cc(C(=O)N(C)[C@@H](C)c2cccc(NC(=O)c3ccccc3)c2)ccc1C. The van der Waals surface area contributed by atoms with E-state index >= 15 is 0 Å². The molecule has 5 nitrogen and oxygen atoms in total. The van der Waals surface area contributed by atoms with E-state index < -0.39 is 0 Å². The number of nitrogens with one attached hydrogen (secondary N) is 1.